The molecule has 0 aliphatic heterocycles. The molecule has 0 radical (unpaired) electrons. The van der Waals surface area contributed by atoms with Crippen LogP contribution < -0.4 is 4.74 Å². The summed E-state index contributed by atoms with van der Waals surface area (Å²) in [6.07, 6.45) is 1.20. The summed E-state index contributed by atoms with van der Waals surface area (Å²) in [6.45, 7) is -0.279. The van der Waals surface area contributed by atoms with E-state index in [9.17, 15) is 14.9 Å². The van der Waals surface area contributed by atoms with Gasteiger partial charge in [0.25, 0.3) is 0 Å². The highest BCUT2D eigenvalue weighted by Crippen LogP contribution is 2.35. The second-order valence-electron chi connectivity index (χ2n) is 3.70. The number of nitrogens with zero attached hydrogens (tertiary/aromatic N) is 1. The molecule has 8 heteroatoms. The van der Waals surface area contributed by atoms with Gasteiger partial charge in [0.15, 0.2) is 5.76 Å². The van der Waals surface area contributed by atoms with Gasteiger partial charge in [0.1, 0.15) is 12.2 Å². The minimum absolute atomic E-state index is 0.0479. The predicted octanol–water partition coefficient (Wildman–Crippen LogP) is 3.12. The first-order chi connectivity index (χ1) is 9.50. The van der Waals surface area contributed by atoms with E-state index in [2.05, 4.69) is 0 Å². The number of halogens is 1. The molecule has 0 atom stereocenters. The van der Waals surface area contributed by atoms with Gasteiger partial charge in [-0.25, -0.2) is 4.79 Å². The molecule has 1 aromatic heterocycles. The molecule has 0 saturated heterocycles. The molecule has 0 amide bonds. The first-order valence-corrected chi connectivity index (χ1v) is 5.74. The summed E-state index contributed by atoms with van der Waals surface area (Å²) in [4.78, 5) is 21.1. The molecule has 1 heterocycles. The number of para-hydroxylation sites is 1. The van der Waals surface area contributed by atoms with Crippen LogP contribution in [0.2, 0.25) is 5.02 Å². The van der Waals surface area contributed by atoms with Gasteiger partial charge in [-0.15, -0.1) is 0 Å². The number of carbonyl (C=O) groups is 1. The maximum Gasteiger partial charge on any atom is 0.339 e. The molecule has 20 heavy (non-hydrogen) atoms. The van der Waals surface area contributed by atoms with Crippen molar-refractivity contribution in [2.24, 2.45) is 0 Å². The standard InChI is InChI=1S/C12H8ClNO6/c13-8-2-1-3-9(14(17)18)11(8)20-6-10-7(12(15)16)4-5-19-10/h1-5H,6H2,(H,15,16). The number of benzene rings is 1. The fourth-order valence-electron chi connectivity index (χ4n) is 1.56. The molecular formula is C12H8ClNO6. The quantitative estimate of drug-likeness (QED) is 0.672. The van der Waals surface area contributed by atoms with Crippen molar-refractivity contribution in [3.63, 3.8) is 0 Å². The average molecular weight is 298 g/mol. The van der Waals surface area contributed by atoms with E-state index in [4.69, 9.17) is 25.9 Å². The lowest BCUT2D eigenvalue weighted by Gasteiger charge is -2.07. The SMILES string of the molecule is O=C(O)c1ccoc1COc1c(Cl)cccc1[N+](=O)[O-]. The van der Waals surface area contributed by atoms with Gasteiger partial charge in [0.2, 0.25) is 5.75 Å². The third-order valence-corrected chi connectivity index (χ3v) is 2.76. The summed E-state index contributed by atoms with van der Waals surface area (Å²) in [5.74, 6) is -1.26. The molecule has 1 N–H and O–H groups in total. The lowest BCUT2D eigenvalue weighted by Crippen LogP contribution is -2.04. The Morgan fingerprint density at radius 2 is 2.20 bits per heavy atom. The van der Waals surface area contributed by atoms with Crippen molar-refractivity contribution in [2.45, 2.75) is 6.61 Å². The van der Waals surface area contributed by atoms with Crippen LogP contribution in [-0.2, 0) is 6.61 Å². The highest BCUT2D eigenvalue weighted by atomic mass is 35.5. The van der Waals surface area contributed by atoms with Crippen molar-refractivity contribution >= 4 is 23.3 Å². The monoisotopic (exact) mass is 297 g/mol. The average Bonchev–Trinajstić information content (AvgIpc) is 2.85. The van der Waals surface area contributed by atoms with Crippen LogP contribution in [0.1, 0.15) is 16.1 Å². The lowest BCUT2D eigenvalue weighted by molar-refractivity contribution is -0.385. The minimum Gasteiger partial charge on any atom is -0.478 e. The number of hydrogen-bond acceptors (Lipinski definition) is 5. The predicted molar refractivity (Wildman–Crippen MR) is 68.1 cm³/mol. The zero-order chi connectivity index (χ0) is 14.7. The van der Waals surface area contributed by atoms with E-state index < -0.39 is 10.9 Å². The second-order valence-corrected chi connectivity index (χ2v) is 4.10. The molecule has 2 aromatic rings. The van der Waals surface area contributed by atoms with Gasteiger partial charge in [0, 0.05) is 6.07 Å². The molecule has 0 unspecified atom stereocenters. The van der Waals surface area contributed by atoms with Crippen LogP contribution in [0.15, 0.2) is 34.9 Å². The van der Waals surface area contributed by atoms with E-state index in [1.54, 1.807) is 0 Å². The molecule has 0 saturated carbocycles. The Balaban J connectivity index is 2.25. The Bertz CT molecular complexity index is 666. The number of nitro benzene ring substituents is 1. The molecule has 0 fully saturated rings. The fraction of sp³-hybridized carbons (Fsp3) is 0.0833. The molecule has 2 rings (SSSR count). The summed E-state index contributed by atoms with van der Waals surface area (Å²) in [5.41, 5.74) is -0.374. The summed E-state index contributed by atoms with van der Waals surface area (Å²) in [6, 6.07) is 5.36. The van der Waals surface area contributed by atoms with Crippen LogP contribution in [0, 0.1) is 10.1 Å². The number of nitro groups is 1. The number of carboxylic acids is 1. The van der Waals surface area contributed by atoms with E-state index in [-0.39, 0.29) is 34.4 Å². The van der Waals surface area contributed by atoms with Crippen molar-refractivity contribution in [2.75, 3.05) is 0 Å². The van der Waals surface area contributed by atoms with E-state index in [1.165, 1.54) is 30.5 Å². The summed E-state index contributed by atoms with van der Waals surface area (Å²) in [7, 11) is 0. The number of ether oxygens (including phenoxy) is 1. The molecule has 7 nitrogen and oxygen atoms in total. The number of aromatic carboxylic acids is 1. The van der Waals surface area contributed by atoms with Crippen molar-refractivity contribution in [1.29, 1.82) is 0 Å². The van der Waals surface area contributed by atoms with Gasteiger partial charge >= 0.3 is 11.7 Å². The van der Waals surface area contributed by atoms with Gasteiger partial charge < -0.3 is 14.3 Å². The molecule has 104 valence electrons. The smallest absolute Gasteiger partial charge is 0.339 e. The van der Waals surface area contributed by atoms with Crippen molar-refractivity contribution in [3.8, 4) is 5.75 Å². The van der Waals surface area contributed by atoms with Gasteiger partial charge in [-0.1, -0.05) is 17.7 Å². The fourth-order valence-corrected chi connectivity index (χ4v) is 1.79. The lowest BCUT2D eigenvalue weighted by atomic mass is 10.2. The van der Waals surface area contributed by atoms with E-state index in [0.717, 1.165) is 0 Å². The minimum atomic E-state index is -1.17. The molecular weight excluding hydrogens is 290 g/mol. The van der Waals surface area contributed by atoms with Crippen molar-refractivity contribution < 1.29 is 24.0 Å². The second kappa shape index (κ2) is 5.62. The van der Waals surface area contributed by atoms with Crippen LogP contribution in [0.5, 0.6) is 5.75 Å². The van der Waals surface area contributed by atoms with E-state index >= 15 is 0 Å². The topological polar surface area (TPSA) is 103 Å². The third kappa shape index (κ3) is 2.72. The largest absolute Gasteiger partial charge is 0.478 e. The highest BCUT2D eigenvalue weighted by Gasteiger charge is 2.20. The number of rotatable bonds is 5. The third-order valence-electron chi connectivity index (χ3n) is 2.47. The molecule has 1 aromatic carbocycles. The van der Waals surface area contributed by atoms with Gasteiger partial charge in [-0.3, -0.25) is 10.1 Å². The summed E-state index contributed by atoms with van der Waals surface area (Å²) < 4.78 is 10.2. The van der Waals surface area contributed by atoms with Crippen molar-refractivity contribution in [3.05, 3.63) is 57.0 Å². The Morgan fingerprint density at radius 3 is 2.85 bits per heavy atom. The first-order valence-electron chi connectivity index (χ1n) is 5.36. The van der Waals surface area contributed by atoms with Crippen LogP contribution in [0.3, 0.4) is 0 Å². The molecule has 0 spiro atoms. The molecule has 0 aliphatic carbocycles. The highest BCUT2D eigenvalue weighted by molar-refractivity contribution is 6.32. The Morgan fingerprint density at radius 1 is 1.45 bits per heavy atom. The molecule has 0 bridgehead atoms. The first kappa shape index (κ1) is 13.9. The van der Waals surface area contributed by atoms with Crippen LogP contribution in [-0.4, -0.2) is 16.0 Å². The van der Waals surface area contributed by atoms with Crippen LogP contribution in [0.25, 0.3) is 0 Å². The maximum absolute atomic E-state index is 10.9. The van der Waals surface area contributed by atoms with Crippen LogP contribution in [0.4, 0.5) is 5.69 Å². The zero-order valence-corrected chi connectivity index (χ0v) is 10.7. The maximum atomic E-state index is 10.9. The summed E-state index contributed by atoms with van der Waals surface area (Å²) >= 11 is 5.84. The van der Waals surface area contributed by atoms with Gasteiger partial charge in [0.05, 0.1) is 16.2 Å². The van der Waals surface area contributed by atoms with Crippen molar-refractivity contribution in [1.82, 2.24) is 0 Å². The van der Waals surface area contributed by atoms with E-state index in [0.29, 0.717) is 0 Å². The van der Waals surface area contributed by atoms with Crippen LogP contribution >= 0.6 is 11.6 Å². The normalized spacial score (nSPS) is 10.2. The van der Waals surface area contributed by atoms with Gasteiger partial charge in [-0.05, 0) is 12.1 Å². The number of furan rings is 1. The Hall–Kier alpha value is -2.54. The molecule has 0 aliphatic rings. The van der Waals surface area contributed by atoms with Gasteiger partial charge in [-0.2, -0.15) is 0 Å². The Labute approximate surface area is 117 Å². The number of hydrogen-bond donors (Lipinski definition) is 1. The zero-order valence-electron chi connectivity index (χ0n) is 9.91. The summed E-state index contributed by atoms with van der Waals surface area (Å²) in [5, 5.41) is 19.8. The Kier molecular flexibility index (Phi) is 3.90. The number of carboxylic acid groups (broad SMARTS) is 1. The van der Waals surface area contributed by atoms with E-state index in [1.807, 2.05) is 0 Å².